The number of rotatable bonds is 7. The Kier molecular flexibility index (Phi) is 7.53. The van der Waals surface area contributed by atoms with E-state index in [1.54, 1.807) is 6.33 Å². The van der Waals surface area contributed by atoms with E-state index in [0.29, 0.717) is 6.04 Å². The van der Waals surface area contributed by atoms with Gasteiger partial charge in [-0.3, -0.25) is 4.99 Å². The Labute approximate surface area is 146 Å². The van der Waals surface area contributed by atoms with Crippen LogP contribution in [-0.4, -0.2) is 39.9 Å². The molecule has 2 N–H and O–H groups in total. The summed E-state index contributed by atoms with van der Waals surface area (Å²) < 4.78 is 2.08. The highest BCUT2D eigenvalue weighted by Crippen LogP contribution is 2.29. The van der Waals surface area contributed by atoms with E-state index in [2.05, 4.69) is 53.1 Å². The summed E-state index contributed by atoms with van der Waals surface area (Å²) in [5, 5.41) is 15.1. The zero-order valence-electron chi connectivity index (χ0n) is 15.8. The van der Waals surface area contributed by atoms with Crippen LogP contribution in [0.4, 0.5) is 0 Å². The van der Waals surface area contributed by atoms with Crippen molar-refractivity contribution in [2.45, 2.75) is 72.4 Å². The molecule has 1 aromatic heterocycles. The molecule has 0 bridgehead atoms. The molecule has 0 spiro atoms. The minimum absolute atomic E-state index is 0.555. The summed E-state index contributed by atoms with van der Waals surface area (Å²) in [5.41, 5.74) is 0. The Morgan fingerprint density at radius 1 is 1.29 bits per heavy atom. The van der Waals surface area contributed by atoms with E-state index in [9.17, 15) is 0 Å². The third-order valence-corrected chi connectivity index (χ3v) is 5.02. The van der Waals surface area contributed by atoms with Gasteiger partial charge >= 0.3 is 0 Å². The SMILES string of the molecule is CCNC(=NCCn1cnnc1CC)NC1CCC(C(C)C)CC1. The number of hydrogen-bond donors (Lipinski definition) is 2. The minimum atomic E-state index is 0.555. The molecule has 0 saturated heterocycles. The van der Waals surface area contributed by atoms with Crippen LogP contribution in [0.3, 0.4) is 0 Å². The van der Waals surface area contributed by atoms with Crippen molar-refractivity contribution in [1.82, 2.24) is 25.4 Å². The largest absolute Gasteiger partial charge is 0.357 e. The smallest absolute Gasteiger partial charge is 0.191 e. The van der Waals surface area contributed by atoms with Crippen LogP contribution in [0, 0.1) is 11.8 Å². The van der Waals surface area contributed by atoms with Crippen molar-refractivity contribution in [3.05, 3.63) is 12.2 Å². The van der Waals surface area contributed by atoms with Gasteiger partial charge in [0.2, 0.25) is 0 Å². The summed E-state index contributed by atoms with van der Waals surface area (Å²) >= 11 is 0. The first-order valence-corrected chi connectivity index (χ1v) is 9.55. The van der Waals surface area contributed by atoms with Crippen LogP contribution in [0.5, 0.6) is 0 Å². The quantitative estimate of drug-likeness (QED) is 0.594. The molecule has 0 unspecified atom stereocenters. The summed E-state index contributed by atoms with van der Waals surface area (Å²) in [7, 11) is 0. The van der Waals surface area contributed by atoms with Crippen molar-refractivity contribution < 1.29 is 0 Å². The molecular weight excluding hydrogens is 300 g/mol. The van der Waals surface area contributed by atoms with Gasteiger partial charge in [-0.1, -0.05) is 20.8 Å². The molecule has 24 heavy (non-hydrogen) atoms. The average Bonchev–Trinajstić information content (AvgIpc) is 3.03. The first-order chi connectivity index (χ1) is 11.6. The molecular formula is C18H34N6. The van der Waals surface area contributed by atoms with Crippen molar-refractivity contribution in [2.24, 2.45) is 16.8 Å². The second-order valence-corrected chi connectivity index (χ2v) is 7.05. The highest BCUT2D eigenvalue weighted by atomic mass is 15.3. The van der Waals surface area contributed by atoms with Crippen molar-refractivity contribution in [3.63, 3.8) is 0 Å². The maximum Gasteiger partial charge on any atom is 0.191 e. The van der Waals surface area contributed by atoms with Gasteiger partial charge in [0.1, 0.15) is 12.2 Å². The zero-order valence-corrected chi connectivity index (χ0v) is 15.8. The lowest BCUT2D eigenvalue weighted by Gasteiger charge is -2.32. The van der Waals surface area contributed by atoms with Gasteiger partial charge in [-0.2, -0.15) is 0 Å². The monoisotopic (exact) mass is 334 g/mol. The number of aryl methyl sites for hydroxylation is 1. The first kappa shape index (κ1) is 18.7. The van der Waals surface area contributed by atoms with Gasteiger partial charge in [-0.15, -0.1) is 10.2 Å². The summed E-state index contributed by atoms with van der Waals surface area (Å²) in [6, 6.07) is 0.555. The Balaban J connectivity index is 1.83. The minimum Gasteiger partial charge on any atom is -0.357 e. The molecule has 0 atom stereocenters. The van der Waals surface area contributed by atoms with Gasteiger partial charge in [-0.05, 0) is 44.4 Å². The van der Waals surface area contributed by atoms with E-state index in [0.717, 1.165) is 49.7 Å². The summed E-state index contributed by atoms with van der Waals surface area (Å²) in [6.07, 6.45) is 7.85. The van der Waals surface area contributed by atoms with Crippen LogP contribution < -0.4 is 10.6 Å². The molecule has 1 aliphatic rings. The highest BCUT2D eigenvalue weighted by Gasteiger charge is 2.23. The lowest BCUT2D eigenvalue weighted by atomic mass is 9.80. The average molecular weight is 335 g/mol. The van der Waals surface area contributed by atoms with E-state index in [1.165, 1.54) is 25.7 Å². The van der Waals surface area contributed by atoms with E-state index in [4.69, 9.17) is 4.99 Å². The third-order valence-electron chi connectivity index (χ3n) is 5.02. The van der Waals surface area contributed by atoms with Crippen LogP contribution in [0.1, 0.15) is 59.2 Å². The number of nitrogens with one attached hydrogen (secondary N) is 2. The molecule has 1 saturated carbocycles. The molecule has 0 aromatic carbocycles. The lowest BCUT2D eigenvalue weighted by molar-refractivity contribution is 0.250. The fraction of sp³-hybridized carbons (Fsp3) is 0.833. The topological polar surface area (TPSA) is 67.1 Å². The fourth-order valence-corrected chi connectivity index (χ4v) is 3.45. The molecule has 0 amide bonds. The standard InChI is InChI=1S/C18H34N6/c1-5-17-23-21-13-24(17)12-11-20-18(19-6-2)22-16-9-7-15(8-10-16)14(3)4/h13-16H,5-12H2,1-4H3,(H2,19,20,22). The Morgan fingerprint density at radius 2 is 2.04 bits per heavy atom. The van der Waals surface area contributed by atoms with Crippen molar-refractivity contribution in [3.8, 4) is 0 Å². The van der Waals surface area contributed by atoms with Crippen LogP contribution in [0.2, 0.25) is 0 Å². The summed E-state index contributed by atoms with van der Waals surface area (Å²) in [6.45, 7) is 11.4. The van der Waals surface area contributed by atoms with Gasteiger partial charge < -0.3 is 15.2 Å². The molecule has 6 nitrogen and oxygen atoms in total. The van der Waals surface area contributed by atoms with Crippen LogP contribution in [-0.2, 0) is 13.0 Å². The molecule has 1 fully saturated rings. The molecule has 6 heteroatoms. The van der Waals surface area contributed by atoms with Crippen LogP contribution in [0.15, 0.2) is 11.3 Å². The lowest BCUT2D eigenvalue weighted by Crippen LogP contribution is -2.45. The fourth-order valence-electron chi connectivity index (χ4n) is 3.45. The predicted octanol–water partition coefficient (Wildman–Crippen LogP) is 2.61. The second kappa shape index (κ2) is 9.64. The third kappa shape index (κ3) is 5.49. The molecule has 1 aromatic rings. The van der Waals surface area contributed by atoms with Gasteiger partial charge in [0.25, 0.3) is 0 Å². The van der Waals surface area contributed by atoms with Crippen molar-refractivity contribution in [1.29, 1.82) is 0 Å². The van der Waals surface area contributed by atoms with Crippen molar-refractivity contribution >= 4 is 5.96 Å². The highest BCUT2D eigenvalue weighted by molar-refractivity contribution is 5.80. The molecule has 0 aliphatic heterocycles. The van der Waals surface area contributed by atoms with Gasteiger partial charge in [0, 0.05) is 25.6 Å². The van der Waals surface area contributed by atoms with Gasteiger partial charge in [0.15, 0.2) is 5.96 Å². The Morgan fingerprint density at radius 3 is 2.67 bits per heavy atom. The number of aromatic nitrogens is 3. The maximum atomic E-state index is 4.73. The van der Waals surface area contributed by atoms with Crippen LogP contribution in [0.25, 0.3) is 0 Å². The van der Waals surface area contributed by atoms with E-state index in [-0.39, 0.29) is 0 Å². The Bertz CT molecular complexity index is 499. The molecule has 1 aliphatic carbocycles. The molecule has 1 heterocycles. The maximum absolute atomic E-state index is 4.73. The molecule has 136 valence electrons. The summed E-state index contributed by atoms with van der Waals surface area (Å²) in [4.78, 5) is 4.73. The zero-order chi connectivity index (χ0) is 17.4. The van der Waals surface area contributed by atoms with Gasteiger partial charge in [0.05, 0.1) is 6.54 Å². The molecule has 2 rings (SSSR count). The van der Waals surface area contributed by atoms with E-state index in [1.807, 2.05) is 0 Å². The number of hydrogen-bond acceptors (Lipinski definition) is 3. The van der Waals surface area contributed by atoms with Crippen LogP contribution >= 0.6 is 0 Å². The molecule has 0 radical (unpaired) electrons. The predicted molar refractivity (Wildman–Crippen MR) is 99.1 cm³/mol. The van der Waals surface area contributed by atoms with Crippen molar-refractivity contribution in [2.75, 3.05) is 13.1 Å². The number of aliphatic imine (C=N–C) groups is 1. The van der Waals surface area contributed by atoms with E-state index >= 15 is 0 Å². The Hall–Kier alpha value is -1.59. The van der Waals surface area contributed by atoms with Gasteiger partial charge in [-0.25, -0.2) is 0 Å². The number of guanidine groups is 1. The summed E-state index contributed by atoms with van der Waals surface area (Å²) in [5.74, 6) is 3.67. The van der Waals surface area contributed by atoms with E-state index < -0.39 is 0 Å². The number of nitrogens with zero attached hydrogens (tertiary/aromatic N) is 4. The second-order valence-electron chi connectivity index (χ2n) is 7.05. The first-order valence-electron chi connectivity index (χ1n) is 9.55. The normalized spacial score (nSPS) is 22.0.